The van der Waals surface area contributed by atoms with Crippen LogP contribution in [0.5, 0.6) is 0 Å². The maximum atomic E-state index is 13.3. The van der Waals surface area contributed by atoms with Crippen molar-refractivity contribution in [2.45, 2.75) is 85.1 Å². The Morgan fingerprint density at radius 2 is 1.48 bits per heavy atom. The quantitative estimate of drug-likeness (QED) is 0.173. The Labute approximate surface area is 343 Å². The standard InChI is InChI=1S/C47H51Br2ClN2O2/c1-10-51-37-20-12-28-26-33(48)16-18-35(28)41(37)46(5,6)39(51)22-14-30-24-32(45(3,4)44(53)54-9)25-31(43(30)50)15-23-40-47(7,8)42-36-19-17-34(49)27-29(36)13-21-38(42)52(40)11-2/h12-23,26-27,32,39H,10-11,24-25H2,1-9H3/b22-14+,31-15+,40-23+. The smallest absolute Gasteiger partial charge is 0.311 e. The summed E-state index contributed by atoms with van der Waals surface area (Å²) < 4.78 is 7.53. The molecule has 0 spiro atoms. The monoisotopic (exact) mass is 868 g/mol. The molecule has 4 nitrogen and oxygen atoms in total. The minimum absolute atomic E-state index is 0.00802. The summed E-state index contributed by atoms with van der Waals surface area (Å²) in [5, 5.41) is 5.81. The highest BCUT2D eigenvalue weighted by Crippen LogP contribution is 2.53. The molecule has 0 aromatic heterocycles. The first-order chi connectivity index (χ1) is 25.6. The summed E-state index contributed by atoms with van der Waals surface area (Å²) in [5.74, 6) is -0.189. The number of anilines is 2. The number of nitrogens with zero attached hydrogens (tertiary/aromatic N) is 2. The van der Waals surface area contributed by atoms with Gasteiger partial charge in [-0.2, -0.15) is 0 Å². The van der Waals surface area contributed by atoms with Crippen molar-refractivity contribution in [3.63, 3.8) is 0 Å². The van der Waals surface area contributed by atoms with Gasteiger partial charge in [0.2, 0.25) is 0 Å². The van der Waals surface area contributed by atoms with Gasteiger partial charge in [-0.15, -0.1) is 0 Å². The fraction of sp³-hybridized carbons (Fsp3) is 0.383. The molecule has 7 rings (SSSR count). The molecule has 2 atom stereocenters. The highest BCUT2D eigenvalue weighted by molar-refractivity contribution is 9.10. The van der Waals surface area contributed by atoms with Gasteiger partial charge < -0.3 is 14.5 Å². The van der Waals surface area contributed by atoms with Gasteiger partial charge in [-0.1, -0.05) is 114 Å². The van der Waals surface area contributed by atoms with E-state index in [0.717, 1.165) is 38.2 Å². The van der Waals surface area contributed by atoms with Gasteiger partial charge in [-0.25, -0.2) is 0 Å². The van der Waals surface area contributed by atoms with E-state index < -0.39 is 5.41 Å². The van der Waals surface area contributed by atoms with Gasteiger partial charge in [0.1, 0.15) is 0 Å². The highest BCUT2D eigenvalue weighted by atomic mass is 79.9. The summed E-state index contributed by atoms with van der Waals surface area (Å²) in [5.41, 5.74) is 7.52. The van der Waals surface area contributed by atoms with E-state index >= 15 is 0 Å². The number of rotatable bonds is 7. The molecule has 2 aliphatic heterocycles. The van der Waals surface area contributed by atoms with Crippen molar-refractivity contribution in [1.29, 1.82) is 0 Å². The zero-order chi connectivity index (χ0) is 38.9. The molecule has 54 heavy (non-hydrogen) atoms. The van der Waals surface area contributed by atoms with Crippen LogP contribution in [0.3, 0.4) is 0 Å². The Balaban J connectivity index is 1.31. The number of hydrogen-bond acceptors (Lipinski definition) is 4. The lowest BCUT2D eigenvalue weighted by atomic mass is 9.69. The molecule has 0 radical (unpaired) electrons. The molecular formula is C47H51Br2ClN2O2. The molecule has 2 heterocycles. The molecule has 0 saturated heterocycles. The normalized spacial score (nSPS) is 22.3. The lowest BCUT2D eigenvalue weighted by Gasteiger charge is -2.36. The van der Waals surface area contributed by atoms with E-state index in [9.17, 15) is 4.79 Å². The average Bonchev–Trinajstić information content (AvgIpc) is 3.50. The van der Waals surface area contributed by atoms with Crippen LogP contribution in [0.1, 0.15) is 79.4 Å². The number of esters is 1. The van der Waals surface area contributed by atoms with E-state index in [-0.39, 0.29) is 28.8 Å². The van der Waals surface area contributed by atoms with Crippen molar-refractivity contribution in [2.75, 3.05) is 30.0 Å². The Hall–Kier alpha value is -3.32. The second kappa shape index (κ2) is 14.3. The van der Waals surface area contributed by atoms with Crippen molar-refractivity contribution in [2.24, 2.45) is 11.3 Å². The second-order valence-corrected chi connectivity index (χ2v) is 18.9. The number of likely N-dealkylation sites (N-methyl/N-ethyl adjacent to an activating group) is 2. The van der Waals surface area contributed by atoms with Crippen molar-refractivity contribution in [3.05, 3.63) is 127 Å². The van der Waals surface area contributed by atoms with Crippen LogP contribution in [-0.4, -0.2) is 32.2 Å². The molecule has 0 fully saturated rings. The minimum Gasteiger partial charge on any atom is -0.469 e. The molecule has 282 valence electrons. The fourth-order valence-electron chi connectivity index (χ4n) is 9.61. The summed E-state index contributed by atoms with van der Waals surface area (Å²) in [6.07, 6.45) is 10.5. The molecule has 4 aromatic carbocycles. The van der Waals surface area contributed by atoms with E-state index in [2.05, 4.69) is 168 Å². The van der Waals surface area contributed by atoms with E-state index in [1.165, 1.54) is 56.9 Å². The lowest BCUT2D eigenvalue weighted by Crippen LogP contribution is -2.40. The van der Waals surface area contributed by atoms with Crippen molar-refractivity contribution in [1.82, 2.24) is 0 Å². The van der Waals surface area contributed by atoms with Crippen LogP contribution in [-0.2, 0) is 20.4 Å². The molecule has 0 bridgehead atoms. The molecule has 0 saturated carbocycles. The van der Waals surface area contributed by atoms with Gasteiger partial charge in [-0.3, -0.25) is 4.79 Å². The average molecular weight is 871 g/mol. The third kappa shape index (κ3) is 6.29. The predicted octanol–water partition coefficient (Wildman–Crippen LogP) is 13.3. The van der Waals surface area contributed by atoms with Crippen LogP contribution in [0.4, 0.5) is 11.4 Å². The summed E-state index contributed by atoms with van der Waals surface area (Å²) in [7, 11) is 1.49. The lowest BCUT2D eigenvalue weighted by molar-refractivity contribution is -0.154. The van der Waals surface area contributed by atoms with Gasteiger partial charge >= 0.3 is 5.97 Å². The number of benzene rings is 4. The number of halogens is 3. The number of methoxy groups -OCH3 is 1. The first kappa shape index (κ1) is 38.9. The van der Waals surface area contributed by atoms with Crippen molar-refractivity contribution >= 4 is 82.3 Å². The molecule has 0 amide bonds. The number of fused-ring (bicyclic) bond motifs is 6. The van der Waals surface area contributed by atoms with Gasteiger partial charge in [0.25, 0.3) is 0 Å². The van der Waals surface area contributed by atoms with Crippen LogP contribution in [0.15, 0.2) is 116 Å². The zero-order valence-electron chi connectivity index (χ0n) is 32.9. The molecule has 1 aliphatic carbocycles. The van der Waals surface area contributed by atoms with E-state index in [1.54, 1.807) is 0 Å². The van der Waals surface area contributed by atoms with Gasteiger partial charge in [0, 0.05) is 55.0 Å². The molecular weight excluding hydrogens is 820 g/mol. The summed E-state index contributed by atoms with van der Waals surface area (Å²) in [4.78, 5) is 18.2. The van der Waals surface area contributed by atoms with Crippen LogP contribution in [0, 0.1) is 11.3 Å². The van der Waals surface area contributed by atoms with Gasteiger partial charge in [0.05, 0.1) is 18.6 Å². The van der Waals surface area contributed by atoms with Gasteiger partial charge in [0.15, 0.2) is 0 Å². The maximum Gasteiger partial charge on any atom is 0.311 e. The third-order valence-electron chi connectivity index (χ3n) is 12.6. The Morgan fingerprint density at radius 1 is 0.870 bits per heavy atom. The second-order valence-electron chi connectivity index (χ2n) is 16.7. The number of carbonyl (C=O) groups excluding carboxylic acids is 1. The van der Waals surface area contributed by atoms with E-state index in [4.69, 9.17) is 16.3 Å². The SMILES string of the molecule is CCN1/C(=C/C=C2\CC(C(C)(C)C(=O)OC)CC(/C=C/C3N(CC)c4ccc5cc(Br)ccc5c4C3(C)C)=C2Cl)C(C)(C)c2c1ccc1cc(Br)ccc21. The van der Waals surface area contributed by atoms with Crippen LogP contribution in [0.25, 0.3) is 21.5 Å². The number of carbonyl (C=O) groups is 1. The maximum absolute atomic E-state index is 13.3. The topological polar surface area (TPSA) is 32.8 Å². The molecule has 2 unspecified atom stereocenters. The molecule has 0 N–H and O–H groups in total. The van der Waals surface area contributed by atoms with Crippen LogP contribution >= 0.6 is 43.5 Å². The van der Waals surface area contributed by atoms with Crippen LogP contribution in [0.2, 0.25) is 0 Å². The zero-order valence-corrected chi connectivity index (χ0v) is 36.8. The fourth-order valence-corrected chi connectivity index (χ4v) is 10.6. The van der Waals surface area contributed by atoms with Crippen molar-refractivity contribution in [3.8, 4) is 0 Å². The largest absolute Gasteiger partial charge is 0.469 e. The first-order valence-electron chi connectivity index (χ1n) is 19.1. The minimum atomic E-state index is -0.700. The Bertz CT molecular complexity index is 2310. The number of allylic oxidation sites excluding steroid dienone is 7. The van der Waals surface area contributed by atoms with E-state index in [0.29, 0.717) is 12.8 Å². The van der Waals surface area contributed by atoms with Gasteiger partial charge in [-0.05, 0) is 133 Å². The summed E-state index contributed by atoms with van der Waals surface area (Å²) in [6.45, 7) is 19.6. The Kier molecular flexibility index (Phi) is 10.3. The Morgan fingerprint density at radius 3 is 2.07 bits per heavy atom. The summed E-state index contributed by atoms with van der Waals surface area (Å²) in [6, 6.07) is 22.3. The highest BCUT2D eigenvalue weighted by Gasteiger charge is 2.45. The number of hydrogen-bond donors (Lipinski definition) is 0. The molecule has 7 heteroatoms. The van der Waals surface area contributed by atoms with E-state index in [1.807, 2.05) is 13.8 Å². The first-order valence-corrected chi connectivity index (χ1v) is 21.1. The number of ether oxygens (including phenoxy) is 1. The third-order valence-corrected chi connectivity index (χ3v) is 14.1. The van der Waals surface area contributed by atoms with Crippen molar-refractivity contribution < 1.29 is 9.53 Å². The molecule has 4 aromatic rings. The molecule has 3 aliphatic rings. The van der Waals surface area contributed by atoms with Crippen LogP contribution < -0.4 is 9.80 Å². The predicted molar refractivity (Wildman–Crippen MR) is 236 cm³/mol. The summed E-state index contributed by atoms with van der Waals surface area (Å²) >= 11 is 14.8.